The largest absolute Gasteiger partial charge is 0.391 e. The van der Waals surface area contributed by atoms with E-state index in [9.17, 15) is 5.11 Å². The lowest BCUT2D eigenvalue weighted by Gasteiger charge is -2.36. The van der Waals surface area contributed by atoms with Crippen molar-refractivity contribution in [2.75, 3.05) is 36.0 Å². The van der Waals surface area contributed by atoms with E-state index in [0.717, 1.165) is 48.7 Å². The van der Waals surface area contributed by atoms with Crippen molar-refractivity contribution < 1.29 is 5.11 Å². The first-order valence-electron chi connectivity index (χ1n) is 8.67. The second-order valence-corrected chi connectivity index (χ2v) is 6.83. The molecular weight excluding hydrogens is 288 g/mol. The number of rotatable bonds is 2. The van der Waals surface area contributed by atoms with Gasteiger partial charge in [0, 0.05) is 26.2 Å². The van der Waals surface area contributed by atoms with Crippen LogP contribution >= 0.6 is 0 Å². The van der Waals surface area contributed by atoms with Gasteiger partial charge in [0.2, 0.25) is 0 Å². The molecule has 2 aliphatic heterocycles. The number of anilines is 2. The molecule has 1 N–H and O–H groups in total. The molecule has 1 aromatic heterocycles. The molecule has 2 aromatic rings. The Labute approximate surface area is 137 Å². The summed E-state index contributed by atoms with van der Waals surface area (Å²) in [6.45, 7) is 5.80. The van der Waals surface area contributed by atoms with E-state index in [1.807, 2.05) is 24.3 Å². The normalized spacial score (nSPS) is 25.3. The molecule has 0 amide bonds. The van der Waals surface area contributed by atoms with Gasteiger partial charge in [0.1, 0.15) is 0 Å². The van der Waals surface area contributed by atoms with E-state index in [2.05, 4.69) is 16.7 Å². The number of aliphatic hydroxyl groups excluding tert-OH is 1. The van der Waals surface area contributed by atoms with Crippen molar-refractivity contribution in [2.45, 2.75) is 32.3 Å². The smallest absolute Gasteiger partial charge is 0.172 e. The minimum Gasteiger partial charge on any atom is -0.391 e. The molecule has 2 fully saturated rings. The van der Waals surface area contributed by atoms with E-state index in [1.165, 1.54) is 12.8 Å². The SMILES string of the molecule is CC1CCN(c2nc3ccccc3nc2N2CCCC2)CC1O. The number of hydrogen-bond acceptors (Lipinski definition) is 5. The third kappa shape index (κ3) is 2.74. The first kappa shape index (κ1) is 14.7. The first-order valence-corrected chi connectivity index (χ1v) is 8.67. The van der Waals surface area contributed by atoms with Gasteiger partial charge in [0.15, 0.2) is 11.6 Å². The second-order valence-electron chi connectivity index (χ2n) is 6.83. The molecule has 2 unspecified atom stereocenters. The van der Waals surface area contributed by atoms with Crippen LogP contribution in [-0.4, -0.2) is 47.4 Å². The molecule has 2 atom stereocenters. The van der Waals surface area contributed by atoms with Gasteiger partial charge in [-0.05, 0) is 37.3 Å². The molecule has 23 heavy (non-hydrogen) atoms. The lowest BCUT2D eigenvalue weighted by atomic mass is 9.96. The van der Waals surface area contributed by atoms with Crippen LogP contribution in [0, 0.1) is 5.92 Å². The summed E-state index contributed by atoms with van der Waals surface area (Å²) in [5.41, 5.74) is 1.88. The maximum absolute atomic E-state index is 10.3. The van der Waals surface area contributed by atoms with Gasteiger partial charge in [-0.2, -0.15) is 0 Å². The summed E-state index contributed by atoms with van der Waals surface area (Å²) in [7, 11) is 0. The third-order valence-electron chi connectivity index (χ3n) is 5.16. The monoisotopic (exact) mass is 312 g/mol. The van der Waals surface area contributed by atoms with E-state index >= 15 is 0 Å². The van der Waals surface area contributed by atoms with Crippen LogP contribution in [0.1, 0.15) is 26.2 Å². The summed E-state index contributed by atoms with van der Waals surface area (Å²) in [5.74, 6) is 2.29. The fraction of sp³-hybridized carbons (Fsp3) is 0.556. The van der Waals surface area contributed by atoms with Crippen LogP contribution in [0.3, 0.4) is 0 Å². The quantitative estimate of drug-likeness (QED) is 0.923. The molecule has 122 valence electrons. The molecule has 0 bridgehead atoms. The minimum atomic E-state index is -0.288. The predicted octanol–water partition coefficient (Wildman–Crippen LogP) is 2.44. The molecule has 5 heteroatoms. The van der Waals surface area contributed by atoms with E-state index in [4.69, 9.17) is 9.97 Å². The van der Waals surface area contributed by atoms with E-state index in [-0.39, 0.29) is 6.10 Å². The summed E-state index contributed by atoms with van der Waals surface area (Å²) < 4.78 is 0. The second kappa shape index (κ2) is 5.96. The van der Waals surface area contributed by atoms with Crippen molar-refractivity contribution in [1.29, 1.82) is 0 Å². The van der Waals surface area contributed by atoms with E-state index in [1.54, 1.807) is 0 Å². The number of benzene rings is 1. The average Bonchev–Trinajstić information content (AvgIpc) is 3.10. The number of aliphatic hydroxyl groups is 1. The predicted molar refractivity (Wildman–Crippen MR) is 93.0 cm³/mol. The Morgan fingerprint density at radius 2 is 1.57 bits per heavy atom. The molecule has 0 aliphatic carbocycles. The maximum Gasteiger partial charge on any atom is 0.172 e. The Hall–Kier alpha value is -1.88. The van der Waals surface area contributed by atoms with Gasteiger partial charge in [0.25, 0.3) is 0 Å². The fourth-order valence-electron chi connectivity index (χ4n) is 3.58. The lowest BCUT2D eigenvalue weighted by molar-refractivity contribution is 0.102. The van der Waals surface area contributed by atoms with Crippen molar-refractivity contribution in [2.24, 2.45) is 5.92 Å². The zero-order chi connectivity index (χ0) is 15.8. The molecular formula is C18H24N4O. The van der Waals surface area contributed by atoms with Gasteiger partial charge < -0.3 is 14.9 Å². The Bertz CT molecular complexity index is 698. The molecule has 2 aliphatic rings. The molecule has 3 heterocycles. The number of piperidine rings is 1. The van der Waals surface area contributed by atoms with Gasteiger partial charge in [-0.25, -0.2) is 9.97 Å². The van der Waals surface area contributed by atoms with Crippen LogP contribution in [0.25, 0.3) is 11.0 Å². The number of aromatic nitrogens is 2. The van der Waals surface area contributed by atoms with Crippen LogP contribution < -0.4 is 9.80 Å². The Balaban J connectivity index is 1.77. The molecule has 5 nitrogen and oxygen atoms in total. The van der Waals surface area contributed by atoms with Crippen LogP contribution in [0.5, 0.6) is 0 Å². The molecule has 0 saturated carbocycles. The van der Waals surface area contributed by atoms with Crippen molar-refractivity contribution >= 4 is 22.7 Å². The van der Waals surface area contributed by atoms with Gasteiger partial charge in [-0.1, -0.05) is 19.1 Å². The first-order chi connectivity index (χ1) is 11.2. The van der Waals surface area contributed by atoms with Crippen molar-refractivity contribution in [3.63, 3.8) is 0 Å². The zero-order valence-corrected chi connectivity index (χ0v) is 13.6. The summed E-state index contributed by atoms with van der Waals surface area (Å²) >= 11 is 0. The van der Waals surface area contributed by atoms with Crippen LogP contribution in [0.15, 0.2) is 24.3 Å². The van der Waals surface area contributed by atoms with Gasteiger partial charge in [0.05, 0.1) is 17.1 Å². The lowest BCUT2D eigenvalue weighted by Crippen LogP contribution is -2.44. The zero-order valence-electron chi connectivity index (χ0n) is 13.6. The fourth-order valence-corrected chi connectivity index (χ4v) is 3.58. The third-order valence-corrected chi connectivity index (χ3v) is 5.16. The van der Waals surface area contributed by atoms with Gasteiger partial charge >= 0.3 is 0 Å². The number of nitrogens with zero attached hydrogens (tertiary/aromatic N) is 4. The van der Waals surface area contributed by atoms with E-state index < -0.39 is 0 Å². The highest BCUT2D eigenvalue weighted by Gasteiger charge is 2.29. The molecule has 0 radical (unpaired) electrons. The van der Waals surface area contributed by atoms with Crippen LogP contribution in [-0.2, 0) is 0 Å². The summed E-state index contributed by atoms with van der Waals surface area (Å²) in [6.07, 6.45) is 3.14. The molecule has 2 saturated heterocycles. The van der Waals surface area contributed by atoms with Gasteiger partial charge in [-0.3, -0.25) is 0 Å². The number of hydrogen-bond donors (Lipinski definition) is 1. The van der Waals surface area contributed by atoms with Crippen molar-refractivity contribution in [3.05, 3.63) is 24.3 Å². The highest BCUT2D eigenvalue weighted by Crippen LogP contribution is 2.32. The topological polar surface area (TPSA) is 52.5 Å². The minimum absolute atomic E-state index is 0.288. The highest BCUT2D eigenvalue weighted by molar-refractivity contribution is 5.81. The van der Waals surface area contributed by atoms with Crippen molar-refractivity contribution in [1.82, 2.24) is 9.97 Å². The number of para-hydroxylation sites is 2. The molecule has 4 rings (SSSR count). The summed E-state index contributed by atoms with van der Waals surface area (Å²) in [5, 5.41) is 10.3. The Morgan fingerprint density at radius 3 is 2.17 bits per heavy atom. The molecule has 0 spiro atoms. The van der Waals surface area contributed by atoms with Crippen LogP contribution in [0.4, 0.5) is 11.6 Å². The number of β-amino-alcohol motifs (C(OH)–C–C–N with tert-alkyl or cyclic N) is 1. The number of fused-ring (bicyclic) bond motifs is 1. The van der Waals surface area contributed by atoms with E-state index in [0.29, 0.717) is 12.5 Å². The van der Waals surface area contributed by atoms with Gasteiger partial charge in [-0.15, -0.1) is 0 Å². The van der Waals surface area contributed by atoms with Crippen LogP contribution in [0.2, 0.25) is 0 Å². The maximum atomic E-state index is 10.3. The standard InChI is InChI=1S/C18H24N4O/c1-13-8-11-22(12-16(13)23)18-17(21-9-4-5-10-21)19-14-6-2-3-7-15(14)20-18/h2-3,6-7,13,16,23H,4-5,8-12H2,1H3. The Morgan fingerprint density at radius 1 is 0.957 bits per heavy atom. The summed E-state index contributed by atoms with van der Waals surface area (Å²) in [4.78, 5) is 14.4. The Kier molecular flexibility index (Phi) is 3.81. The average molecular weight is 312 g/mol. The summed E-state index contributed by atoms with van der Waals surface area (Å²) in [6, 6.07) is 8.06. The highest BCUT2D eigenvalue weighted by atomic mass is 16.3. The van der Waals surface area contributed by atoms with Crippen molar-refractivity contribution in [3.8, 4) is 0 Å². The molecule has 1 aromatic carbocycles.